The topological polar surface area (TPSA) is 81.5 Å². The van der Waals surface area contributed by atoms with E-state index >= 15 is 0 Å². The number of halogens is 1. The summed E-state index contributed by atoms with van der Waals surface area (Å²) in [6.07, 6.45) is -0.779. The molecule has 25 heavy (non-hydrogen) atoms. The molecule has 0 aliphatic carbocycles. The van der Waals surface area contributed by atoms with Crippen LogP contribution in [0.25, 0.3) is 0 Å². The lowest BCUT2D eigenvalue weighted by Gasteiger charge is -2.17. The van der Waals surface area contributed by atoms with Gasteiger partial charge in [0.1, 0.15) is 5.75 Å². The molecule has 1 amide bonds. The second-order valence-corrected chi connectivity index (χ2v) is 6.21. The molecule has 0 unspecified atom stereocenters. The number of carbonyl (C=O) groups is 1. The third-order valence-corrected chi connectivity index (χ3v) is 4.45. The molecule has 0 bridgehead atoms. The van der Waals surface area contributed by atoms with E-state index in [0.717, 1.165) is 11.1 Å². The number of nitro benzene ring substituents is 1. The van der Waals surface area contributed by atoms with Crippen LogP contribution in [0.5, 0.6) is 5.75 Å². The third kappa shape index (κ3) is 4.28. The first-order valence-corrected chi connectivity index (χ1v) is 8.06. The van der Waals surface area contributed by atoms with E-state index in [0.29, 0.717) is 22.0 Å². The Morgan fingerprint density at radius 3 is 2.40 bits per heavy atom. The normalized spacial score (nSPS) is 11.7. The fourth-order valence-electron chi connectivity index (χ4n) is 2.42. The van der Waals surface area contributed by atoms with Gasteiger partial charge in [-0.1, -0.05) is 17.7 Å². The maximum absolute atomic E-state index is 12.4. The maximum atomic E-state index is 12.4. The van der Waals surface area contributed by atoms with Crippen molar-refractivity contribution < 1.29 is 14.5 Å². The van der Waals surface area contributed by atoms with Crippen molar-refractivity contribution in [2.75, 3.05) is 5.32 Å². The smallest absolute Gasteiger partial charge is 0.274 e. The summed E-state index contributed by atoms with van der Waals surface area (Å²) in [7, 11) is 0. The van der Waals surface area contributed by atoms with E-state index < -0.39 is 16.9 Å². The Bertz CT molecular complexity index is 813. The molecule has 0 saturated heterocycles. The number of hydrogen-bond donors (Lipinski definition) is 1. The lowest BCUT2D eigenvalue weighted by molar-refractivity contribution is -0.385. The van der Waals surface area contributed by atoms with Gasteiger partial charge in [-0.2, -0.15) is 0 Å². The number of hydrogen-bond acceptors (Lipinski definition) is 4. The van der Waals surface area contributed by atoms with Crippen LogP contribution < -0.4 is 10.1 Å². The molecule has 132 valence electrons. The van der Waals surface area contributed by atoms with E-state index in [-0.39, 0.29) is 5.69 Å². The van der Waals surface area contributed by atoms with Crippen molar-refractivity contribution in [3.05, 3.63) is 62.2 Å². The van der Waals surface area contributed by atoms with Crippen molar-refractivity contribution in [2.24, 2.45) is 0 Å². The third-order valence-electron chi connectivity index (χ3n) is 3.85. The van der Waals surface area contributed by atoms with Crippen molar-refractivity contribution in [2.45, 2.75) is 33.8 Å². The van der Waals surface area contributed by atoms with Gasteiger partial charge in [-0.25, -0.2) is 0 Å². The molecule has 0 aliphatic heterocycles. The highest BCUT2D eigenvalue weighted by atomic mass is 35.5. The minimum absolute atomic E-state index is 0.0460. The van der Waals surface area contributed by atoms with Crippen molar-refractivity contribution in [3.8, 4) is 5.75 Å². The van der Waals surface area contributed by atoms with E-state index in [9.17, 15) is 14.9 Å². The number of nitrogens with zero attached hydrogens (tertiary/aromatic N) is 1. The van der Waals surface area contributed by atoms with E-state index in [1.54, 1.807) is 32.0 Å². The number of rotatable bonds is 5. The Morgan fingerprint density at radius 1 is 1.24 bits per heavy atom. The predicted octanol–water partition coefficient (Wildman–Crippen LogP) is 4.58. The van der Waals surface area contributed by atoms with Crippen LogP contribution in [0.15, 0.2) is 30.3 Å². The van der Waals surface area contributed by atoms with Crippen LogP contribution in [0.4, 0.5) is 11.4 Å². The van der Waals surface area contributed by atoms with Crippen LogP contribution >= 0.6 is 11.6 Å². The molecule has 0 aliphatic rings. The van der Waals surface area contributed by atoms with Crippen LogP contribution in [-0.2, 0) is 4.79 Å². The Balaban J connectivity index is 2.14. The summed E-state index contributed by atoms with van der Waals surface area (Å²) in [5, 5.41) is 14.3. The number of carbonyl (C=O) groups excluding carboxylic acids is 1. The number of benzene rings is 2. The largest absolute Gasteiger partial charge is 0.481 e. The summed E-state index contributed by atoms with van der Waals surface area (Å²) >= 11 is 6.12. The van der Waals surface area contributed by atoms with Crippen LogP contribution in [-0.4, -0.2) is 16.9 Å². The summed E-state index contributed by atoms with van der Waals surface area (Å²) in [5.41, 5.74) is 2.46. The zero-order valence-corrected chi connectivity index (χ0v) is 15.2. The molecule has 0 aromatic heterocycles. The molecule has 2 rings (SSSR count). The Morgan fingerprint density at radius 2 is 1.84 bits per heavy atom. The van der Waals surface area contributed by atoms with Crippen LogP contribution in [0.3, 0.4) is 0 Å². The number of aryl methyl sites for hydroxylation is 2. The summed E-state index contributed by atoms with van der Waals surface area (Å²) < 4.78 is 5.68. The summed E-state index contributed by atoms with van der Waals surface area (Å²) in [5.74, 6) is 0.145. The minimum Gasteiger partial charge on any atom is -0.481 e. The maximum Gasteiger partial charge on any atom is 0.274 e. The number of nitro groups is 1. The first-order chi connectivity index (χ1) is 11.7. The zero-order chi connectivity index (χ0) is 18.7. The van der Waals surface area contributed by atoms with Gasteiger partial charge in [-0.05, 0) is 57.0 Å². The van der Waals surface area contributed by atoms with Crippen molar-refractivity contribution in [3.63, 3.8) is 0 Å². The van der Waals surface area contributed by atoms with Gasteiger partial charge in [0.25, 0.3) is 11.6 Å². The molecule has 0 spiro atoms. The monoisotopic (exact) mass is 362 g/mol. The molecular weight excluding hydrogens is 344 g/mol. The minimum atomic E-state index is -0.779. The average Bonchev–Trinajstić information content (AvgIpc) is 2.54. The molecule has 1 atom stereocenters. The van der Waals surface area contributed by atoms with Crippen LogP contribution in [0, 0.1) is 30.9 Å². The standard InChI is InChI=1S/C18H19ClN2O4/c1-10-8-14(9-11(2)17(10)19)25-13(4)18(22)20-15-6-5-7-16(12(15)3)21(23)24/h5-9,13H,1-4H3,(H,20,22)/t13-/m1/s1. The van der Waals surface area contributed by atoms with E-state index in [1.165, 1.54) is 12.1 Å². The molecule has 0 fully saturated rings. The van der Waals surface area contributed by atoms with Crippen molar-refractivity contribution in [1.29, 1.82) is 0 Å². The molecule has 0 heterocycles. The van der Waals surface area contributed by atoms with Crippen LogP contribution in [0.1, 0.15) is 23.6 Å². The second kappa shape index (κ2) is 7.53. The fourth-order valence-corrected chi connectivity index (χ4v) is 2.53. The fraction of sp³-hybridized carbons (Fsp3) is 0.278. The van der Waals surface area contributed by atoms with Gasteiger partial charge >= 0.3 is 0 Å². The summed E-state index contributed by atoms with van der Waals surface area (Å²) in [4.78, 5) is 22.9. The highest BCUT2D eigenvalue weighted by molar-refractivity contribution is 6.32. The zero-order valence-electron chi connectivity index (χ0n) is 14.4. The number of ether oxygens (including phenoxy) is 1. The van der Waals surface area contributed by atoms with Gasteiger partial charge < -0.3 is 10.1 Å². The van der Waals surface area contributed by atoms with Gasteiger partial charge in [0.15, 0.2) is 6.10 Å². The highest BCUT2D eigenvalue weighted by Gasteiger charge is 2.19. The predicted molar refractivity (Wildman–Crippen MR) is 97.5 cm³/mol. The molecule has 7 heteroatoms. The van der Waals surface area contributed by atoms with E-state index in [2.05, 4.69) is 5.32 Å². The Hall–Kier alpha value is -2.60. The summed E-state index contributed by atoms with van der Waals surface area (Å²) in [6.45, 7) is 6.92. The lowest BCUT2D eigenvalue weighted by Crippen LogP contribution is -2.30. The lowest BCUT2D eigenvalue weighted by atomic mass is 10.1. The van der Waals surface area contributed by atoms with Crippen molar-refractivity contribution >= 4 is 28.9 Å². The quantitative estimate of drug-likeness (QED) is 0.623. The summed E-state index contributed by atoms with van der Waals surface area (Å²) in [6, 6.07) is 8.06. The van der Waals surface area contributed by atoms with E-state index in [4.69, 9.17) is 16.3 Å². The molecule has 2 aromatic carbocycles. The number of nitrogens with one attached hydrogen (secondary N) is 1. The molecular formula is C18H19ClN2O4. The van der Waals surface area contributed by atoms with Gasteiger partial charge in [0.05, 0.1) is 16.2 Å². The Labute approximate surface area is 150 Å². The molecule has 2 aromatic rings. The average molecular weight is 363 g/mol. The van der Waals surface area contributed by atoms with Gasteiger partial charge in [-0.15, -0.1) is 0 Å². The second-order valence-electron chi connectivity index (χ2n) is 5.83. The highest BCUT2D eigenvalue weighted by Crippen LogP contribution is 2.27. The molecule has 1 N–H and O–H groups in total. The Kier molecular flexibility index (Phi) is 5.64. The van der Waals surface area contributed by atoms with Gasteiger partial charge in [0, 0.05) is 11.1 Å². The SMILES string of the molecule is Cc1cc(O[C@H](C)C(=O)Nc2cccc([N+](=O)[O-])c2C)cc(C)c1Cl. The first kappa shape index (κ1) is 18.7. The van der Waals surface area contributed by atoms with Crippen molar-refractivity contribution in [1.82, 2.24) is 0 Å². The van der Waals surface area contributed by atoms with Gasteiger partial charge in [-0.3, -0.25) is 14.9 Å². The first-order valence-electron chi connectivity index (χ1n) is 7.69. The molecule has 6 nitrogen and oxygen atoms in total. The van der Waals surface area contributed by atoms with Gasteiger partial charge in [0.2, 0.25) is 0 Å². The molecule has 0 radical (unpaired) electrons. The number of amides is 1. The number of anilines is 1. The van der Waals surface area contributed by atoms with E-state index in [1.807, 2.05) is 13.8 Å². The molecule has 0 saturated carbocycles. The van der Waals surface area contributed by atoms with Crippen LogP contribution in [0.2, 0.25) is 5.02 Å².